The van der Waals surface area contributed by atoms with Crippen LogP contribution in [0.15, 0.2) is 0 Å². The second-order valence-corrected chi connectivity index (χ2v) is 5.38. The van der Waals surface area contributed by atoms with Crippen LogP contribution in [0, 0.1) is 11.8 Å². The molecule has 0 aromatic carbocycles. The summed E-state index contributed by atoms with van der Waals surface area (Å²) in [6.07, 6.45) is -4.74. The van der Waals surface area contributed by atoms with Crippen molar-refractivity contribution in [2.24, 2.45) is 11.8 Å². The number of hydrogen-bond acceptors (Lipinski definition) is 3. The summed E-state index contributed by atoms with van der Waals surface area (Å²) in [5.41, 5.74) is 0. The maximum absolute atomic E-state index is 12.0. The number of alkyl halides is 5. The van der Waals surface area contributed by atoms with Gasteiger partial charge in [0.05, 0.1) is 6.54 Å². The quantitative estimate of drug-likeness (QED) is 0.759. The van der Waals surface area contributed by atoms with Gasteiger partial charge in [0.25, 0.3) is 6.43 Å². The summed E-state index contributed by atoms with van der Waals surface area (Å²) in [7, 11) is 0. The molecule has 0 unspecified atom stereocenters. The van der Waals surface area contributed by atoms with Gasteiger partial charge in [-0.2, -0.15) is 13.2 Å². The Balaban J connectivity index is 0.000000270. The van der Waals surface area contributed by atoms with E-state index in [1.165, 1.54) is 12.8 Å². The lowest BCUT2D eigenvalue weighted by molar-refractivity contribution is -0.192. The third-order valence-electron chi connectivity index (χ3n) is 3.52. The molecule has 2 aliphatic rings. The van der Waals surface area contributed by atoms with Crippen molar-refractivity contribution in [2.45, 2.75) is 25.4 Å². The highest BCUT2D eigenvalue weighted by atomic mass is 19.4. The summed E-state index contributed by atoms with van der Waals surface area (Å²) in [6, 6.07) is 0. The summed E-state index contributed by atoms with van der Waals surface area (Å²) in [5.74, 6) is -1.21. The molecule has 0 atom stereocenters. The summed E-state index contributed by atoms with van der Waals surface area (Å²) in [4.78, 5) is 10.8. The maximum atomic E-state index is 12.0. The van der Waals surface area contributed by atoms with E-state index in [-0.39, 0.29) is 6.54 Å². The van der Waals surface area contributed by atoms with Crippen LogP contribution in [-0.4, -0.2) is 61.3 Å². The Morgan fingerprint density at radius 1 is 1.19 bits per heavy atom. The van der Waals surface area contributed by atoms with E-state index in [1.807, 2.05) is 4.90 Å². The van der Waals surface area contributed by atoms with Gasteiger partial charge < -0.3 is 10.4 Å². The van der Waals surface area contributed by atoms with Crippen LogP contribution < -0.4 is 5.32 Å². The van der Waals surface area contributed by atoms with Gasteiger partial charge in [0.1, 0.15) is 0 Å². The van der Waals surface area contributed by atoms with Crippen LogP contribution in [0.25, 0.3) is 0 Å². The van der Waals surface area contributed by atoms with E-state index in [9.17, 15) is 22.0 Å². The van der Waals surface area contributed by atoms with Crippen molar-refractivity contribution in [1.82, 2.24) is 10.2 Å². The van der Waals surface area contributed by atoms with Crippen molar-refractivity contribution in [3.05, 3.63) is 0 Å². The van der Waals surface area contributed by atoms with Gasteiger partial charge in [-0.15, -0.1) is 0 Å². The SMILES string of the molecule is FC(F)CN1CC(CCC2CNC2)C1.O=C(O)C(F)(F)F. The van der Waals surface area contributed by atoms with E-state index in [4.69, 9.17) is 9.90 Å². The number of carboxylic acids is 1. The van der Waals surface area contributed by atoms with E-state index in [0.29, 0.717) is 5.92 Å². The van der Waals surface area contributed by atoms with Crippen molar-refractivity contribution in [3.8, 4) is 0 Å². The fourth-order valence-electron chi connectivity index (χ4n) is 2.23. The fourth-order valence-corrected chi connectivity index (χ4v) is 2.23. The lowest BCUT2D eigenvalue weighted by atomic mass is 9.88. The van der Waals surface area contributed by atoms with E-state index in [0.717, 1.165) is 32.1 Å². The molecule has 2 fully saturated rings. The minimum Gasteiger partial charge on any atom is -0.475 e. The number of hydrogen-bond donors (Lipinski definition) is 2. The average molecular weight is 318 g/mol. The molecule has 21 heavy (non-hydrogen) atoms. The molecule has 2 rings (SSSR count). The zero-order valence-electron chi connectivity index (χ0n) is 11.4. The number of carboxylic acid groups (broad SMARTS) is 1. The summed E-state index contributed by atoms with van der Waals surface area (Å²) in [5, 5.41) is 10.4. The molecule has 4 nitrogen and oxygen atoms in total. The molecule has 0 amide bonds. The van der Waals surface area contributed by atoms with Gasteiger partial charge in [0.15, 0.2) is 0 Å². The summed E-state index contributed by atoms with van der Waals surface area (Å²) in [6.45, 7) is 4.08. The molecule has 0 bridgehead atoms. The Bertz CT molecular complexity index is 328. The Morgan fingerprint density at radius 2 is 1.67 bits per heavy atom. The van der Waals surface area contributed by atoms with E-state index < -0.39 is 18.6 Å². The van der Waals surface area contributed by atoms with Crippen molar-refractivity contribution in [3.63, 3.8) is 0 Å². The number of carbonyl (C=O) groups is 1. The average Bonchev–Trinajstić information content (AvgIpc) is 2.22. The Morgan fingerprint density at radius 3 is 2.00 bits per heavy atom. The number of aliphatic carboxylic acids is 1. The fraction of sp³-hybridized carbons (Fsp3) is 0.917. The van der Waals surface area contributed by atoms with Crippen molar-refractivity contribution >= 4 is 5.97 Å². The third kappa shape index (κ3) is 7.03. The molecular weight excluding hydrogens is 299 g/mol. The number of nitrogens with one attached hydrogen (secondary N) is 1. The third-order valence-corrected chi connectivity index (χ3v) is 3.52. The molecule has 0 aromatic heterocycles. The maximum Gasteiger partial charge on any atom is 0.490 e. The molecule has 124 valence electrons. The second-order valence-electron chi connectivity index (χ2n) is 5.38. The second kappa shape index (κ2) is 7.88. The van der Waals surface area contributed by atoms with Crippen molar-refractivity contribution in [2.75, 3.05) is 32.7 Å². The highest BCUT2D eigenvalue weighted by Gasteiger charge is 2.38. The monoisotopic (exact) mass is 318 g/mol. The normalized spacial score (nSPS) is 20.5. The van der Waals surface area contributed by atoms with Gasteiger partial charge in [0, 0.05) is 13.1 Å². The van der Waals surface area contributed by atoms with Crippen molar-refractivity contribution < 1.29 is 31.9 Å². The highest BCUT2D eigenvalue weighted by molar-refractivity contribution is 5.73. The molecule has 9 heteroatoms. The lowest BCUT2D eigenvalue weighted by Gasteiger charge is -2.40. The van der Waals surface area contributed by atoms with Crippen LogP contribution in [0.3, 0.4) is 0 Å². The van der Waals surface area contributed by atoms with E-state index >= 15 is 0 Å². The van der Waals surface area contributed by atoms with Crippen LogP contribution in [-0.2, 0) is 4.79 Å². The van der Waals surface area contributed by atoms with Gasteiger partial charge in [-0.1, -0.05) is 0 Å². The van der Waals surface area contributed by atoms with Gasteiger partial charge in [0.2, 0.25) is 0 Å². The predicted octanol–water partition coefficient (Wildman–Crippen LogP) is 1.82. The first-order valence-corrected chi connectivity index (χ1v) is 6.69. The minimum absolute atomic E-state index is 0.0263. The van der Waals surface area contributed by atoms with Crippen LogP contribution in [0.2, 0.25) is 0 Å². The molecule has 0 radical (unpaired) electrons. The predicted molar refractivity (Wildman–Crippen MR) is 65.2 cm³/mol. The first-order valence-electron chi connectivity index (χ1n) is 6.69. The molecule has 0 spiro atoms. The number of rotatable bonds is 5. The largest absolute Gasteiger partial charge is 0.490 e. The van der Waals surface area contributed by atoms with Gasteiger partial charge in [-0.3, -0.25) is 4.90 Å². The zero-order valence-corrected chi connectivity index (χ0v) is 11.4. The number of halogens is 5. The molecule has 2 saturated heterocycles. The Kier molecular flexibility index (Phi) is 6.79. The van der Waals surface area contributed by atoms with E-state index in [1.54, 1.807) is 0 Å². The molecule has 0 saturated carbocycles. The Hall–Kier alpha value is -0.960. The zero-order chi connectivity index (χ0) is 16.0. The molecule has 2 aliphatic heterocycles. The van der Waals surface area contributed by atoms with Gasteiger partial charge >= 0.3 is 12.1 Å². The Labute approximate surface area is 119 Å². The molecule has 2 heterocycles. The van der Waals surface area contributed by atoms with Gasteiger partial charge in [-0.25, -0.2) is 13.6 Å². The lowest BCUT2D eigenvalue weighted by Crippen LogP contribution is -2.49. The standard InChI is InChI=1S/C10H18F2N2.C2HF3O2/c11-10(12)7-14-5-9(6-14)2-1-8-3-13-4-8;3-2(4,5)1(6)7/h8-10,13H,1-7H2;(H,6,7). The first-order chi connectivity index (χ1) is 9.68. The minimum atomic E-state index is -5.08. The summed E-state index contributed by atoms with van der Waals surface area (Å²) < 4.78 is 55.7. The molecule has 0 aliphatic carbocycles. The van der Waals surface area contributed by atoms with Crippen LogP contribution in [0.5, 0.6) is 0 Å². The number of likely N-dealkylation sites (tertiary alicyclic amines) is 1. The number of nitrogens with zero attached hydrogens (tertiary/aromatic N) is 1. The van der Waals surface area contributed by atoms with Crippen LogP contribution in [0.1, 0.15) is 12.8 Å². The van der Waals surface area contributed by atoms with Crippen molar-refractivity contribution in [1.29, 1.82) is 0 Å². The summed E-state index contributed by atoms with van der Waals surface area (Å²) >= 11 is 0. The van der Waals surface area contributed by atoms with Crippen LogP contribution in [0.4, 0.5) is 22.0 Å². The smallest absolute Gasteiger partial charge is 0.475 e. The molecule has 0 aromatic rings. The molecule has 2 N–H and O–H groups in total. The van der Waals surface area contributed by atoms with Gasteiger partial charge in [-0.05, 0) is 37.8 Å². The molecular formula is C12H19F5N2O2. The topological polar surface area (TPSA) is 52.6 Å². The highest BCUT2D eigenvalue weighted by Crippen LogP contribution is 2.24. The first kappa shape index (κ1) is 18.1. The van der Waals surface area contributed by atoms with E-state index in [2.05, 4.69) is 5.32 Å². The van der Waals surface area contributed by atoms with Crippen LogP contribution >= 0.6 is 0 Å².